The van der Waals surface area contributed by atoms with E-state index in [-0.39, 0.29) is 11.3 Å². The Balaban J connectivity index is 1.58. The first-order valence-electron chi connectivity index (χ1n) is 10.5. The van der Waals surface area contributed by atoms with Crippen molar-refractivity contribution < 1.29 is 18.7 Å². The van der Waals surface area contributed by atoms with E-state index in [0.717, 1.165) is 4.47 Å². The lowest BCUT2D eigenvalue weighted by Crippen LogP contribution is -2.31. The molecule has 6 nitrogen and oxygen atoms in total. The molecule has 0 atom stereocenters. The molecule has 0 unspecified atom stereocenters. The average Bonchev–Trinajstić information content (AvgIpc) is 2.87. The standard InChI is InChI=1S/C27H19BrFN3O3/c28-21-8-2-4-10-24(21)35-19-14-12-18(13-15-19)17-23(27(34)32-25-11-5-6-16-30-25)31-26(33)20-7-1-3-9-22(20)29/h1-17H,(H,31,33)(H,30,32,34)/b23-17+. The van der Waals surface area contributed by atoms with Crippen LogP contribution in [0.4, 0.5) is 10.2 Å². The molecule has 0 aliphatic carbocycles. The van der Waals surface area contributed by atoms with Gasteiger partial charge in [0, 0.05) is 6.20 Å². The molecule has 3 aromatic carbocycles. The number of pyridine rings is 1. The molecule has 0 aliphatic rings. The Hall–Kier alpha value is -4.30. The Morgan fingerprint density at radius 3 is 2.31 bits per heavy atom. The topological polar surface area (TPSA) is 80.3 Å². The molecule has 1 aromatic heterocycles. The molecule has 174 valence electrons. The van der Waals surface area contributed by atoms with Gasteiger partial charge in [-0.15, -0.1) is 0 Å². The van der Waals surface area contributed by atoms with Gasteiger partial charge in [-0.05, 0) is 76.1 Å². The van der Waals surface area contributed by atoms with Crippen LogP contribution in [0, 0.1) is 5.82 Å². The molecule has 4 aromatic rings. The highest BCUT2D eigenvalue weighted by molar-refractivity contribution is 9.10. The average molecular weight is 532 g/mol. The second kappa shape index (κ2) is 11.2. The van der Waals surface area contributed by atoms with Crippen molar-refractivity contribution in [1.82, 2.24) is 10.3 Å². The number of ether oxygens (including phenoxy) is 1. The van der Waals surface area contributed by atoms with E-state index in [0.29, 0.717) is 22.9 Å². The SMILES string of the molecule is O=C(Nc1ccccn1)/C(=C\c1ccc(Oc2ccccc2Br)cc1)NC(=O)c1ccccc1F. The summed E-state index contributed by atoms with van der Waals surface area (Å²) in [5.74, 6) is -0.502. The number of nitrogens with zero attached hydrogens (tertiary/aromatic N) is 1. The number of para-hydroxylation sites is 1. The summed E-state index contributed by atoms with van der Waals surface area (Å²) in [5, 5.41) is 5.14. The number of hydrogen-bond donors (Lipinski definition) is 2. The Morgan fingerprint density at radius 2 is 1.60 bits per heavy atom. The van der Waals surface area contributed by atoms with Gasteiger partial charge < -0.3 is 15.4 Å². The van der Waals surface area contributed by atoms with Crippen LogP contribution in [0.5, 0.6) is 11.5 Å². The summed E-state index contributed by atoms with van der Waals surface area (Å²) in [6.07, 6.45) is 3.01. The van der Waals surface area contributed by atoms with Gasteiger partial charge in [-0.2, -0.15) is 0 Å². The molecule has 35 heavy (non-hydrogen) atoms. The Bertz CT molecular complexity index is 1380. The van der Waals surface area contributed by atoms with Gasteiger partial charge in [-0.1, -0.05) is 42.5 Å². The molecule has 0 bridgehead atoms. The maximum Gasteiger partial charge on any atom is 0.273 e. The lowest BCUT2D eigenvalue weighted by molar-refractivity contribution is -0.113. The maximum absolute atomic E-state index is 14.1. The molecule has 2 amide bonds. The third-order valence-corrected chi connectivity index (χ3v) is 5.43. The van der Waals surface area contributed by atoms with Crippen LogP contribution in [0.3, 0.4) is 0 Å². The molecule has 0 aliphatic heterocycles. The first kappa shape index (κ1) is 23.8. The van der Waals surface area contributed by atoms with Crippen LogP contribution in [-0.2, 0) is 4.79 Å². The number of rotatable bonds is 7. The van der Waals surface area contributed by atoms with Crippen molar-refractivity contribution in [3.05, 3.63) is 124 Å². The van der Waals surface area contributed by atoms with Crippen molar-refractivity contribution in [2.24, 2.45) is 0 Å². The molecule has 1 heterocycles. The van der Waals surface area contributed by atoms with Crippen LogP contribution in [-0.4, -0.2) is 16.8 Å². The fourth-order valence-electron chi connectivity index (χ4n) is 3.07. The van der Waals surface area contributed by atoms with Crippen LogP contribution >= 0.6 is 15.9 Å². The van der Waals surface area contributed by atoms with Crippen molar-refractivity contribution in [3.63, 3.8) is 0 Å². The number of amides is 2. The van der Waals surface area contributed by atoms with Gasteiger partial charge in [0.15, 0.2) is 0 Å². The number of carbonyl (C=O) groups excluding carboxylic acids is 2. The van der Waals surface area contributed by atoms with Crippen molar-refractivity contribution in [1.29, 1.82) is 0 Å². The summed E-state index contributed by atoms with van der Waals surface area (Å²) >= 11 is 3.44. The number of aromatic nitrogens is 1. The third kappa shape index (κ3) is 6.39. The van der Waals surface area contributed by atoms with Crippen LogP contribution in [0.25, 0.3) is 6.08 Å². The van der Waals surface area contributed by atoms with Gasteiger partial charge >= 0.3 is 0 Å². The van der Waals surface area contributed by atoms with Gasteiger partial charge in [-0.3, -0.25) is 9.59 Å². The minimum Gasteiger partial charge on any atom is -0.456 e. The minimum absolute atomic E-state index is 0.0802. The lowest BCUT2D eigenvalue weighted by Gasteiger charge is -2.12. The van der Waals surface area contributed by atoms with Crippen molar-refractivity contribution >= 4 is 39.6 Å². The Morgan fingerprint density at radius 1 is 0.886 bits per heavy atom. The number of carbonyl (C=O) groups is 2. The number of halogens is 2. The molecular weight excluding hydrogens is 513 g/mol. The van der Waals surface area contributed by atoms with E-state index in [1.54, 1.807) is 48.5 Å². The predicted molar refractivity (Wildman–Crippen MR) is 135 cm³/mol. The number of hydrogen-bond acceptors (Lipinski definition) is 4. The van der Waals surface area contributed by atoms with E-state index < -0.39 is 17.6 Å². The smallest absolute Gasteiger partial charge is 0.273 e. The zero-order valence-corrected chi connectivity index (χ0v) is 19.8. The van der Waals surface area contributed by atoms with Gasteiger partial charge in [0.1, 0.15) is 28.8 Å². The molecule has 0 spiro atoms. The van der Waals surface area contributed by atoms with Crippen molar-refractivity contribution in [2.45, 2.75) is 0 Å². The highest BCUT2D eigenvalue weighted by atomic mass is 79.9. The zero-order valence-electron chi connectivity index (χ0n) is 18.2. The summed E-state index contributed by atoms with van der Waals surface area (Å²) in [7, 11) is 0. The summed E-state index contributed by atoms with van der Waals surface area (Å²) < 4.78 is 20.8. The molecule has 8 heteroatoms. The highest BCUT2D eigenvalue weighted by Gasteiger charge is 2.17. The molecule has 2 N–H and O–H groups in total. The van der Waals surface area contributed by atoms with Crippen molar-refractivity contribution in [3.8, 4) is 11.5 Å². The summed E-state index contributed by atoms with van der Waals surface area (Å²) in [4.78, 5) is 29.7. The van der Waals surface area contributed by atoms with Gasteiger partial charge in [0.05, 0.1) is 10.0 Å². The van der Waals surface area contributed by atoms with Crippen LogP contribution in [0.2, 0.25) is 0 Å². The van der Waals surface area contributed by atoms with Gasteiger partial charge in [0.2, 0.25) is 0 Å². The zero-order chi connectivity index (χ0) is 24.6. The normalized spacial score (nSPS) is 11.0. The van der Waals surface area contributed by atoms with Crippen LogP contribution in [0.15, 0.2) is 107 Å². The summed E-state index contributed by atoms with van der Waals surface area (Å²) in [6.45, 7) is 0. The maximum atomic E-state index is 14.1. The number of nitrogens with one attached hydrogen (secondary N) is 2. The molecule has 0 saturated carbocycles. The number of anilines is 1. The molecule has 0 saturated heterocycles. The second-order valence-corrected chi connectivity index (χ2v) is 8.12. The third-order valence-electron chi connectivity index (χ3n) is 4.77. The van der Waals surface area contributed by atoms with E-state index in [9.17, 15) is 14.0 Å². The molecular formula is C27H19BrFN3O3. The van der Waals surface area contributed by atoms with E-state index in [2.05, 4.69) is 31.5 Å². The first-order valence-corrected chi connectivity index (χ1v) is 11.3. The fourth-order valence-corrected chi connectivity index (χ4v) is 3.43. The first-order chi connectivity index (χ1) is 17.0. The van der Waals surface area contributed by atoms with Crippen LogP contribution in [0.1, 0.15) is 15.9 Å². The van der Waals surface area contributed by atoms with E-state index in [4.69, 9.17) is 4.74 Å². The molecule has 0 fully saturated rings. The summed E-state index contributed by atoms with van der Waals surface area (Å²) in [6, 6.07) is 25.0. The number of benzene rings is 3. The monoisotopic (exact) mass is 531 g/mol. The Kier molecular flexibility index (Phi) is 7.64. The summed E-state index contributed by atoms with van der Waals surface area (Å²) in [5.41, 5.74) is 0.356. The minimum atomic E-state index is -0.751. The molecule has 0 radical (unpaired) electrons. The van der Waals surface area contributed by atoms with E-state index in [1.165, 1.54) is 30.5 Å². The van der Waals surface area contributed by atoms with E-state index >= 15 is 0 Å². The van der Waals surface area contributed by atoms with Gasteiger partial charge in [0.25, 0.3) is 11.8 Å². The highest BCUT2D eigenvalue weighted by Crippen LogP contribution is 2.29. The fraction of sp³-hybridized carbons (Fsp3) is 0. The predicted octanol–water partition coefficient (Wildman–Crippen LogP) is 6.19. The van der Waals surface area contributed by atoms with Crippen LogP contribution < -0.4 is 15.4 Å². The second-order valence-electron chi connectivity index (χ2n) is 7.26. The lowest BCUT2D eigenvalue weighted by atomic mass is 10.1. The molecule has 4 rings (SSSR count). The quantitative estimate of drug-likeness (QED) is 0.279. The Labute approximate surface area is 209 Å². The van der Waals surface area contributed by atoms with E-state index in [1.807, 2.05) is 24.3 Å². The van der Waals surface area contributed by atoms with Gasteiger partial charge in [-0.25, -0.2) is 9.37 Å². The van der Waals surface area contributed by atoms with Crippen molar-refractivity contribution in [2.75, 3.05) is 5.32 Å². The largest absolute Gasteiger partial charge is 0.456 e.